The molecule has 0 aromatic heterocycles. The minimum atomic E-state index is -0.473. The summed E-state index contributed by atoms with van der Waals surface area (Å²) >= 11 is 0. The van der Waals surface area contributed by atoms with Crippen molar-refractivity contribution in [3.8, 4) is 6.07 Å². The van der Waals surface area contributed by atoms with Crippen LogP contribution in [0.25, 0.3) is 0 Å². The average molecular weight is 415 g/mol. The molecule has 1 atom stereocenters. The minimum absolute atomic E-state index is 0.00506. The third-order valence-corrected chi connectivity index (χ3v) is 5.00. The molecule has 1 fully saturated rings. The third kappa shape index (κ3) is 5.83. The van der Waals surface area contributed by atoms with E-state index in [0.29, 0.717) is 30.0 Å². The molecule has 0 saturated carbocycles. The van der Waals surface area contributed by atoms with Gasteiger partial charge in [0.2, 0.25) is 0 Å². The highest BCUT2D eigenvalue weighted by Gasteiger charge is 2.32. The number of likely N-dealkylation sites (tertiary alicyclic amines) is 1. The lowest BCUT2D eigenvalue weighted by molar-refractivity contribution is -0.131. The second-order valence-corrected chi connectivity index (χ2v) is 8.22. The molecule has 1 amide bonds. The number of nitriles is 1. The van der Waals surface area contributed by atoms with Crippen LogP contribution in [0.1, 0.15) is 51.7 Å². The Morgan fingerprint density at radius 2 is 2.23 bits per heavy atom. The summed E-state index contributed by atoms with van der Waals surface area (Å²) in [6, 6.07) is 5.97. The van der Waals surface area contributed by atoms with Gasteiger partial charge in [0, 0.05) is 18.6 Å². The molecule has 0 spiro atoms. The number of hydrogen-bond acceptors (Lipinski definition) is 5. The van der Waals surface area contributed by atoms with Crippen LogP contribution >= 0.6 is 0 Å². The fourth-order valence-electron chi connectivity index (χ4n) is 3.54. The van der Waals surface area contributed by atoms with Crippen molar-refractivity contribution in [1.29, 1.82) is 5.26 Å². The number of amides is 1. The van der Waals surface area contributed by atoms with Gasteiger partial charge in [0.05, 0.1) is 24.3 Å². The summed E-state index contributed by atoms with van der Waals surface area (Å²) in [5.41, 5.74) is 6.64. The Morgan fingerprint density at radius 3 is 2.80 bits per heavy atom. The fourth-order valence-corrected chi connectivity index (χ4v) is 3.54. The van der Waals surface area contributed by atoms with Crippen molar-refractivity contribution in [2.24, 2.45) is 5.73 Å². The van der Waals surface area contributed by atoms with Crippen molar-refractivity contribution in [3.05, 3.63) is 59.4 Å². The van der Waals surface area contributed by atoms with Gasteiger partial charge in [-0.2, -0.15) is 5.26 Å². The Bertz CT molecular complexity index is 870. The number of ether oxygens (including phenoxy) is 1. The van der Waals surface area contributed by atoms with E-state index in [1.54, 1.807) is 13.0 Å². The number of allylic oxidation sites excluding steroid dienone is 1. The summed E-state index contributed by atoms with van der Waals surface area (Å²) in [6.07, 6.45) is 3.16. The molecule has 1 aliphatic rings. The van der Waals surface area contributed by atoms with Crippen LogP contribution in [-0.2, 0) is 16.1 Å². The summed E-state index contributed by atoms with van der Waals surface area (Å²) in [6.45, 7) is 12.8. The van der Waals surface area contributed by atoms with Crippen molar-refractivity contribution in [1.82, 2.24) is 9.80 Å². The number of halogens is 1. The molecule has 1 saturated heterocycles. The molecule has 2 rings (SSSR count). The summed E-state index contributed by atoms with van der Waals surface area (Å²) in [4.78, 5) is 16.8. The molecule has 1 heterocycles. The lowest BCUT2D eigenvalue weighted by Gasteiger charge is -2.42. The summed E-state index contributed by atoms with van der Waals surface area (Å²) in [7, 11) is 0. The average Bonchev–Trinajstić information content (AvgIpc) is 2.68. The molecular weight excluding hydrogens is 383 g/mol. The molecule has 30 heavy (non-hydrogen) atoms. The quantitative estimate of drug-likeness (QED) is 0.544. The first-order valence-electron chi connectivity index (χ1n) is 10.1. The molecule has 7 heteroatoms. The topological polar surface area (TPSA) is 82.6 Å². The molecule has 1 aliphatic heterocycles. The maximum Gasteiger partial charge on any atom is 0.294 e. The Balaban J connectivity index is 2.42. The lowest BCUT2D eigenvalue weighted by atomic mass is 9.92. The highest BCUT2D eigenvalue weighted by atomic mass is 19.1. The van der Waals surface area contributed by atoms with Gasteiger partial charge in [0.1, 0.15) is 11.6 Å². The zero-order chi connectivity index (χ0) is 22.5. The molecular formula is C23H31FN4O2. The van der Waals surface area contributed by atoms with Gasteiger partial charge < -0.3 is 15.4 Å². The number of carbonyl (C=O) groups excluding carboxylic acids is 1. The number of hydrogen-bond donors (Lipinski definition) is 1. The largest absolute Gasteiger partial charge is 0.486 e. The first kappa shape index (κ1) is 23.4. The molecule has 6 nitrogen and oxygen atoms in total. The van der Waals surface area contributed by atoms with Gasteiger partial charge in [-0.1, -0.05) is 6.58 Å². The van der Waals surface area contributed by atoms with E-state index in [-0.39, 0.29) is 18.4 Å². The van der Waals surface area contributed by atoms with Gasteiger partial charge >= 0.3 is 0 Å². The van der Waals surface area contributed by atoms with Gasteiger partial charge in [0.25, 0.3) is 5.91 Å². The molecule has 1 aromatic carbocycles. The van der Waals surface area contributed by atoms with E-state index in [9.17, 15) is 14.4 Å². The van der Waals surface area contributed by atoms with E-state index in [2.05, 4.69) is 12.6 Å². The lowest BCUT2D eigenvalue weighted by Crippen LogP contribution is -2.53. The number of rotatable bonds is 7. The zero-order valence-electron chi connectivity index (χ0n) is 18.2. The van der Waals surface area contributed by atoms with Crippen LogP contribution in [0.5, 0.6) is 0 Å². The summed E-state index contributed by atoms with van der Waals surface area (Å²) in [5, 5.41) is 9.43. The first-order valence-corrected chi connectivity index (χ1v) is 10.1. The fraction of sp³-hybridized carbons (Fsp3) is 0.478. The third-order valence-electron chi connectivity index (χ3n) is 5.00. The summed E-state index contributed by atoms with van der Waals surface area (Å²) in [5.74, 6) is -0.238. The maximum absolute atomic E-state index is 13.9. The Morgan fingerprint density at radius 1 is 1.53 bits per heavy atom. The van der Waals surface area contributed by atoms with Crippen molar-refractivity contribution >= 4 is 5.91 Å². The van der Waals surface area contributed by atoms with Gasteiger partial charge in [-0.05, 0) is 70.4 Å². The van der Waals surface area contributed by atoms with Crippen LogP contribution in [0.15, 0.2) is 42.4 Å². The maximum atomic E-state index is 13.9. The van der Waals surface area contributed by atoms with E-state index >= 15 is 0 Å². The predicted octanol–water partition coefficient (Wildman–Crippen LogP) is 3.64. The molecule has 0 bridgehead atoms. The van der Waals surface area contributed by atoms with Crippen LogP contribution in [0.3, 0.4) is 0 Å². The van der Waals surface area contributed by atoms with Gasteiger partial charge in [-0.25, -0.2) is 4.39 Å². The molecule has 162 valence electrons. The minimum Gasteiger partial charge on any atom is -0.486 e. The van der Waals surface area contributed by atoms with E-state index in [1.807, 2.05) is 25.7 Å². The number of benzene rings is 1. The first-order chi connectivity index (χ1) is 14.1. The second kappa shape index (κ2) is 9.77. The molecule has 2 N–H and O–H groups in total. The SMILES string of the molecule is C=C(N1CCC[C@@](C)(N)C1)N(Cc1cc(F)ccc1C#N)C(=O)/C(=C\C)OC(C)C. The smallest absolute Gasteiger partial charge is 0.294 e. The zero-order valence-corrected chi connectivity index (χ0v) is 18.2. The van der Waals surface area contributed by atoms with E-state index in [4.69, 9.17) is 10.5 Å². The standard InChI is InChI=1S/C23H31FN4O2/c1-6-21(30-16(2)3)22(29)28(14-19-12-20(24)9-8-18(19)13-25)17(4)27-11-7-10-23(5,26)15-27/h6,8-9,12,16H,4,7,10-11,14-15,26H2,1-3,5H3/b21-6+/t23-/m1/s1. The summed E-state index contributed by atoms with van der Waals surface area (Å²) < 4.78 is 19.6. The number of nitrogens with zero attached hydrogens (tertiary/aromatic N) is 3. The molecule has 1 aromatic rings. The second-order valence-electron chi connectivity index (χ2n) is 8.22. The van der Waals surface area contributed by atoms with E-state index in [1.165, 1.54) is 23.1 Å². The van der Waals surface area contributed by atoms with Crippen LogP contribution in [-0.4, -0.2) is 40.4 Å². The monoisotopic (exact) mass is 414 g/mol. The Kier molecular flexibility index (Phi) is 7.63. The Hall–Kier alpha value is -2.85. The normalized spacial score (nSPS) is 19.4. The van der Waals surface area contributed by atoms with E-state index in [0.717, 1.165) is 12.8 Å². The van der Waals surface area contributed by atoms with Crippen molar-refractivity contribution in [2.45, 2.75) is 58.7 Å². The number of nitrogens with two attached hydrogens (primary N) is 1. The van der Waals surface area contributed by atoms with Gasteiger partial charge in [-0.15, -0.1) is 0 Å². The van der Waals surface area contributed by atoms with Crippen LogP contribution in [0.2, 0.25) is 0 Å². The van der Waals surface area contributed by atoms with Gasteiger partial charge in [0.15, 0.2) is 5.76 Å². The van der Waals surface area contributed by atoms with Crippen LogP contribution in [0, 0.1) is 17.1 Å². The highest BCUT2D eigenvalue weighted by Crippen LogP contribution is 2.26. The number of carbonyl (C=O) groups is 1. The Labute approximate surface area is 178 Å². The predicted molar refractivity (Wildman–Crippen MR) is 114 cm³/mol. The van der Waals surface area contributed by atoms with E-state index < -0.39 is 17.3 Å². The van der Waals surface area contributed by atoms with Crippen molar-refractivity contribution in [2.75, 3.05) is 13.1 Å². The van der Waals surface area contributed by atoms with Crippen LogP contribution < -0.4 is 5.73 Å². The van der Waals surface area contributed by atoms with Crippen molar-refractivity contribution in [3.63, 3.8) is 0 Å². The highest BCUT2D eigenvalue weighted by molar-refractivity contribution is 5.92. The van der Waals surface area contributed by atoms with Crippen molar-refractivity contribution < 1.29 is 13.9 Å². The van der Waals surface area contributed by atoms with Gasteiger partial charge in [-0.3, -0.25) is 9.69 Å². The molecule has 0 unspecified atom stereocenters. The van der Waals surface area contributed by atoms with Crippen LogP contribution in [0.4, 0.5) is 4.39 Å². The number of piperidine rings is 1. The molecule has 0 radical (unpaired) electrons. The molecule has 0 aliphatic carbocycles.